The fraction of sp³-hybridized carbons (Fsp3) is 0.278. The molecule has 4 heteroatoms. The van der Waals surface area contributed by atoms with Crippen LogP contribution in [0.15, 0.2) is 59.1 Å². The fourth-order valence-electron chi connectivity index (χ4n) is 2.62. The van der Waals surface area contributed by atoms with E-state index in [0.29, 0.717) is 6.54 Å². The number of hydrogen-bond acceptors (Lipinski definition) is 2. The van der Waals surface area contributed by atoms with Crippen molar-refractivity contribution in [2.24, 2.45) is 0 Å². The lowest BCUT2D eigenvalue weighted by Crippen LogP contribution is -2.35. The van der Waals surface area contributed by atoms with Gasteiger partial charge in [-0.05, 0) is 36.6 Å². The van der Waals surface area contributed by atoms with Gasteiger partial charge in [0.25, 0.3) is 0 Å². The summed E-state index contributed by atoms with van der Waals surface area (Å²) in [4.78, 5) is 12.0. The van der Waals surface area contributed by atoms with Crippen LogP contribution < -0.4 is 10.6 Å². The standard InChI is InChI=1S/C18H19BrN2O/c19-15-7-4-8-16(11-15)20-12-17(22)21-13-18(9-10-18)14-5-2-1-3-6-14/h1-8,11,20H,9-10,12-13H2,(H,21,22). The van der Waals surface area contributed by atoms with Crippen molar-refractivity contribution in [3.8, 4) is 0 Å². The monoisotopic (exact) mass is 358 g/mol. The molecule has 22 heavy (non-hydrogen) atoms. The Bertz CT molecular complexity index is 653. The van der Waals surface area contributed by atoms with Crippen LogP contribution in [-0.4, -0.2) is 19.0 Å². The third kappa shape index (κ3) is 3.69. The molecule has 3 nitrogen and oxygen atoms in total. The van der Waals surface area contributed by atoms with Crippen molar-refractivity contribution in [3.63, 3.8) is 0 Å². The molecule has 1 aliphatic carbocycles. The first-order valence-corrected chi connectivity index (χ1v) is 8.29. The molecule has 0 saturated heterocycles. The number of rotatable bonds is 6. The van der Waals surface area contributed by atoms with Crippen LogP contribution >= 0.6 is 15.9 Å². The predicted molar refractivity (Wildman–Crippen MR) is 93.0 cm³/mol. The van der Waals surface area contributed by atoms with E-state index in [1.165, 1.54) is 5.56 Å². The van der Waals surface area contributed by atoms with Gasteiger partial charge >= 0.3 is 0 Å². The molecule has 1 saturated carbocycles. The first-order chi connectivity index (χ1) is 10.7. The number of halogens is 1. The molecule has 0 atom stereocenters. The molecule has 114 valence electrons. The van der Waals surface area contributed by atoms with E-state index < -0.39 is 0 Å². The molecule has 1 aliphatic rings. The molecule has 0 aromatic heterocycles. The van der Waals surface area contributed by atoms with E-state index in [4.69, 9.17) is 0 Å². The number of anilines is 1. The molecule has 0 bridgehead atoms. The van der Waals surface area contributed by atoms with Gasteiger partial charge in [-0.25, -0.2) is 0 Å². The maximum absolute atomic E-state index is 12.0. The highest BCUT2D eigenvalue weighted by atomic mass is 79.9. The van der Waals surface area contributed by atoms with Crippen LogP contribution in [0.25, 0.3) is 0 Å². The zero-order chi connectivity index (χ0) is 15.4. The number of carbonyl (C=O) groups is 1. The van der Waals surface area contributed by atoms with E-state index in [1.807, 2.05) is 30.3 Å². The maximum Gasteiger partial charge on any atom is 0.239 e. The molecule has 2 aromatic carbocycles. The lowest BCUT2D eigenvalue weighted by molar-refractivity contribution is -0.119. The van der Waals surface area contributed by atoms with Crippen molar-refractivity contribution in [2.75, 3.05) is 18.4 Å². The van der Waals surface area contributed by atoms with Crippen LogP contribution in [0.4, 0.5) is 5.69 Å². The van der Waals surface area contributed by atoms with E-state index in [2.05, 4.69) is 50.8 Å². The smallest absolute Gasteiger partial charge is 0.239 e. The van der Waals surface area contributed by atoms with E-state index >= 15 is 0 Å². The molecule has 1 fully saturated rings. The van der Waals surface area contributed by atoms with E-state index in [-0.39, 0.29) is 11.3 Å². The first-order valence-electron chi connectivity index (χ1n) is 7.50. The summed E-state index contributed by atoms with van der Waals surface area (Å²) in [6, 6.07) is 18.3. The molecule has 0 spiro atoms. The van der Waals surface area contributed by atoms with Crippen LogP contribution in [0.2, 0.25) is 0 Å². The summed E-state index contributed by atoms with van der Waals surface area (Å²) in [6.07, 6.45) is 2.30. The Morgan fingerprint density at radius 1 is 1.09 bits per heavy atom. The third-order valence-electron chi connectivity index (χ3n) is 4.14. The quantitative estimate of drug-likeness (QED) is 0.826. The van der Waals surface area contributed by atoms with Crippen molar-refractivity contribution < 1.29 is 4.79 Å². The van der Waals surface area contributed by atoms with Crippen molar-refractivity contribution in [3.05, 3.63) is 64.6 Å². The normalized spacial score (nSPS) is 15.1. The Morgan fingerprint density at radius 3 is 2.55 bits per heavy atom. The predicted octanol–water partition coefficient (Wildman–Crippen LogP) is 3.71. The lowest BCUT2D eigenvalue weighted by Gasteiger charge is -2.17. The van der Waals surface area contributed by atoms with Gasteiger partial charge < -0.3 is 10.6 Å². The van der Waals surface area contributed by atoms with Gasteiger partial charge in [0.2, 0.25) is 5.91 Å². The zero-order valence-corrected chi connectivity index (χ0v) is 13.9. The highest BCUT2D eigenvalue weighted by Crippen LogP contribution is 2.47. The molecule has 0 aliphatic heterocycles. The molecule has 1 amide bonds. The molecule has 0 unspecified atom stereocenters. The lowest BCUT2D eigenvalue weighted by atomic mass is 9.96. The fourth-order valence-corrected chi connectivity index (χ4v) is 3.02. The summed E-state index contributed by atoms with van der Waals surface area (Å²) in [6.45, 7) is 1.01. The zero-order valence-electron chi connectivity index (χ0n) is 12.3. The Labute approximate surface area is 139 Å². The van der Waals surface area contributed by atoms with E-state index in [1.54, 1.807) is 0 Å². The van der Waals surface area contributed by atoms with Crippen molar-refractivity contribution in [1.29, 1.82) is 0 Å². The second kappa shape index (κ2) is 6.53. The van der Waals surface area contributed by atoms with Gasteiger partial charge in [0, 0.05) is 22.1 Å². The highest BCUT2D eigenvalue weighted by Gasteiger charge is 2.44. The van der Waals surface area contributed by atoms with Gasteiger partial charge in [-0.15, -0.1) is 0 Å². The summed E-state index contributed by atoms with van der Waals surface area (Å²) < 4.78 is 0.999. The number of nitrogens with one attached hydrogen (secondary N) is 2. The average Bonchev–Trinajstić information content (AvgIpc) is 3.33. The molecule has 3 rings (SSSR count). The summed E-state index contributed by atoms with van der Waals surface area (Å²) in [7, 11) is 0. The first kappa shape index (κ1) is 15.1. The summed E-state index contributed by atoms with van der Waals surface area (Å²) in [5, 5.41) is 6.20. The Balaban J connectivity index is 1.49. The average molecular weight is 359 g/mol. The number of amides is 1. The van der Waals surface area contributed by atoms with Gasteiger partial charge in [0.05, 0.1) is 6.54 Å². The summed E-state index contributed by atoms with van der Waals surface area (Å²) in [5.74, 6) is 0.0298. The number of carbonyl (C=O) groups excluding carboxylic acids is 1. The molecule has 0 heterocycles. The van der Waals surface area contributed by atoms with Crippen LogP contribution in [0, 0.1) is 0 Å². The maximum atomic E-state index is 12.0. The third-order valence-corrected chi connectivity index (χ3v) is 4.63. The van der Waals surface area contributed by atoms with Gasteiger partial charge in [-0.2, -0.15) is 0 Å². The van der Waals surface area contributed by atoms with E-state index in [9.17, 15) is 4.79 Å². The van der Waals surface area contributed by atoms with E-state index in [0.717, 1.165) is 29.5 Å². The Morgan fingerprint density at radius 2 is 1.86 bits per heavy atom. The second-order valence-corrected chi connectivity index (χ2v) is 6.70. The molecule has 2 N–H and O–H groups in total. The van der Waals surface area contributed by atoms with Gasteiger partial charge in [0.1, 0.15) is 0 Å². The second-order valence-electron chi connectivity index (χ2n) is 5.79. The Kier molecular flexibility index (Phi) is 4.48. The highest BCUT2D eigenvalue weighted by molar-refractivity contribution is 9.10. The van der Waals surface area contributed by atoms with Crippen LogP contribution in [0.1, 0.15) is 18.4 Å². The summed E-state index contributed by atoms with van der Waals surface area (Å²) in [5.41, 5.74) is 2.43. The van der Waals surface area contributed by atoms with Crippen LogP contribution in [0.3, 0.4) is 0 Å². The number of benzene rings is 2. The van der Waals surface area contributed by atoms with Gasteiger partial charge in [0.15, 0.2) is 0 Å². The van der Waals surface area contributed by atoms with Crippen molar-refractivity contribution >= 4 is 27.5 Å². The van der Waals surface area contributed by atoms with Crippen molar-refractivity contribution in [2.45, 2.75) is 18.3 Å². The minimum atomic E-state index is 0.0298. The number of hydrogen-bond donors (Lipinski definition) is 2. The minimum Gasteiger partial charge on any atom is -0.376 e. The van der Waals surface area contributed by atoms with Crippen LogP contribution in [0.5, 0.6) is 0 Å². The van der Waals surface area contributed by atoms with Gasteiger partial charge in [-0.1, -0.05) is 52.3 Å². The topological polar surface area (TPSA) is 41.1 Å². The van der Waals surface area contributed by atoms with Crippen LogP contribution in [-0.2, 0) is 10.2 Å². The minimum absolute atomic E-state index is 0.0298. The van der Waals surface area contributed by atoms with Crippen molar-refractivity contribution in [1.82, 2.24) is 5.32 Å². The molecule has 0 radical (unpaired) electrons. The molecular formula is C18H19BrN2O. The molecular weight excluding hydrogens is 340 g/mol. The van der Waals surface area contributed by atoms with Gasteiger partial charge in [-0.3, -0.25) is 4.79 Å². The summed E-state index contributed by atoms with van der Waals surface area (Å²) >= 11 is 3.42. The largest absolute Gasteiger partial charge is 0.376 e. The Hall–Kier alpha value is -1.81. The SMILES string of the molecule is O=C(CNc1cccc(Br)c1)NCC1(c2ccccc2)CC1. The molecule has 2 aromatic rings.